The second kappa shape index (κ2) is 4.28. The third-order valence-electron chi connectivity index (χ3n) is 3.29. The molecule has 0 aromatic heterocycles. The van der Waals surface area contributed by atoms with Gasteiger partial charge in [-0.15, -0.1) is 0 Å². The van der Waals surface area contributed by atoms with Gasteiger partial charge in [-0.2, -0.15) is 0 Å². The zero-order valence-corrected chi connectivity index (χ0v) is 10.4. The number of ether oxygens (including phenoxy) is 1. The Morgan fingerprint density at radius 2 is 1.63 bits per heavy atom. The van der Waals surface area contributed by atoms with Gasteiger partial charge in [0.1, 0.15) is 5.75 Å². The van der Waals surface area contributed by atoms with Gasteiger partial charge in [-0.05, 0) is 40.4 Å². The Labute approximate surface area is 110 Å². The van der Waals surface area contributed by atoms with Crippen molar-refractivity contribution in [3.63, 3.8) is 0 Å². The Hall–Kier alpha value is -2.55. The van der Waals surface area contributed by atoms with Crippen LogP contribution in [0.4, 0.5) is 0 Å². The maximum atomic E-state index is 11.2. The van der Waals surface area contributed by atoms with Gasteiger partial charge in [-0.3, -0.25) is 0 Å². The number of fused-ring (bicyclic) bond motifs is 2. The zero-order chi connectivity index (χ0) is 13.4. The average molecular weight is 252 g/mol. The molecule has 0 saturated carbocycles. The highest BCUT2D eigenvalue weighted by Crippen LogP contribution is 2.31. The smallest absolute Gasteiger partial charge is 0.336 e. The van der Waals surface area contributed by atoms with E-state index in [0.717, 1.165) is 27.3 Å². The first kappa shape index (κ1) is 11.5. The van der Waals surface area contributed by atoms with Crippen LogP contribution in [-0.4, -0.2) is 18.2 Å². The van der Waals surface area contributed by atoms with Gasteiger partial charge in [-0.25, -0.2) is 4.79 Å². The molecule has 3 rings (SSSR count). The first-order valence-electron chi connectivity index (χ1n) is 5.93. The van der Waals surface area contributed by atoms with Gasteiger partial charge in [0.15, 0.2) is 0 Å². The van der Waals surface area contributed by atoms with E-state index in [2.05, 4.69) is 0 Å². The Morgan fingerprint density at radius 3 is 2.32 bits per heavy atom. The molecule has 0 bridgehead atoms. The van der Waals surface area contributed by atoms with Crippen LogP contribution >= 0.6 is 0 Å². The van der Waals surface area contributed by atoms with E-state index in [9.17, 15) is 9.90 Å². The van der Waals surface area contributed by atoms with Crippen molar-refractivity contribution >= 4 is 27.5 Å². The summed E-state index contributed by atoms with van der Waals surface area (Å²) in [6.45, 7) is 0. The topological polar surface area (TPSA) is 46.5 Å². The van der Waals surface area contributed by atoms with Gasteiger partial charge in [0, 0.05) is 5.39 Å². The molecule has 0 fully saturated rings. The number of carboxylic acid groups (broad SMARTS) is 1. The van der Waals surface area contributed by atoms with Crippen molar-refractivity contribution in [3.8, 4) is 5.75 Å². The highest BCUT2D eigenvalue weighted by Gasteiger charge is 2.10. The summed E-state index contributed by atoms with van der Waals surface area (Å²) in [5.74, 6) is -0.118. The van der Waals surface area contributed by atoms with Crippen LogP contribution in [0.15, 0.2) is 48.5 Å². The van der Waals surface area contributed by atoms with E-state index in [1.54, 1.807) is 19.2 Å². The predicted molar refractivity (Wildman–Crippen MR) is 75.0 cm³/mol. The fourth-order valence-corrected chi connectivity index (χ4v) is 2.39. The van der Waals surface area contributed by atoms with E-state index < -0.39 is 5.97 Å². The fourth-order valence-electron chi connectivity index (χ4n) is 2.39. The summed E-state index contributed by atoms with van der Waals surface area (Å²) in [5, 5.41) is 12.8. The maximum absolute atomic E-state index is 11.2. The third kappa shape index (κ3) is 1.80. The molecule has 0 saturated heterocycles. The molecule has 0 aliphatic rings. The van der Waals surface area contributed by atoms with Gasteiger partial charge >= 0.3 is 5.97 Å². The monoisotopic (exact) mass is 252 g/mol. The molecule has 0 unspecified atom stereocenters. The lowest BCUT2D eigenvalue weighted by Gasteiger charge is -2.08. The summed E-state index contributed by atoms with van der Waals surface area (Å²) >= 11 is 0. The molecule has 3 nitrogen and oxygen atoms in total. The zero-order valence-electron chi connectivity index (χ0n) is 10.4. The van der Waals surface area contributed by atoms with Crippen LogP contribution in [0.25, 0.3) is 21.5 Å². The van der Waals surface area contributed by atoms with Gasteiger partial charge in [0.05, 0.1) is 12.7 Å². The molecule has 1 N–H and O–H groups in total. The quantitative estimate of drug-likeness (QED) is 0.707. The molecule has 0 aliphatic heterocycles. The van der Waals surface area contributed by atoms with Crippen LogP contribution in [0.3, 0.4) is 0 Å². The van der Waals surface area contributed by atoms with Crippen molar-refractivity contribution in [2.45, 2.75) is 0 Å². The number of carboxylic acids is 1. The SMILES string of the molecule is COc1cccc2cc3c(C(=O)O)cccc3cc12. The van der Waals surface area contributed by atoms with Gasteiger partial charge < -0.3 is 9.84 Å². The summed E-state index contributed by atoms with van der Waals surface area (Å²) in [6.07, 6.45) is 0. The molecule has 94 valence electrons. The molecule has 19 heavy (non-hydrogen) atoms. The highest BCUT2D eigenvalue weighted by atomic mass is 16.5. The number of hydrogen-bond donors (Lipinski definition) is 1. The fraction of sp³-hybridized carbons (Fsp3) is 0.0625. The van der Waals surface area contributed by atoms with Crippen molar-refractivity contribution < 1.29 is 14.6 Å². The minimum atomic E-state index is -0.909. The number of methoxy groups -OCH3 is 1. The Balaban J connectivity index is 2.45. The van der Waals surface area contributed by atoms with Crippen molar-refractivity contribution in [2.75, 3.05) is 7.11 Å². The maximum Gasteiger partial charge on any atom is 0.336 e. The number of rotatable bonds is 2. The third-order valence-corrected chi connectivity index (χ3v) is 3.29. The molecule has 3 aromatic carbocycles. The van der Waals surface area contributed by atoms with Gasteiger partial charge in [0.25, 0.3) is 0 Å². The van der Waals surface area contributed by atoms with E-state index in [4.69, 9.17) is 4.74 Å². The van der Waals surface area contributed by atoms with E-state index in [1.165, 1.54) is 0 Å². The number of carbonyl (C=O) groups is 1. The number of aromatic carboxylic acids is 1. The molecule has 0 spiro atoms. The Kier molecular flexibility index (Phi) is 2.60. The van der Waals surface area contributed by atoms with Crippen LogP contribution in [0.1, 0.15) is 10.4 Å². The molecule has 0 heterocycles. The second-order valence-corrected chi connectivity index (χ2v) is 4.37. The summed E-state index contributed by atoms with van der Waals surface area (Å²) in [4.78, 5) is 11.2. The highest BCUT2D eigenvalue weighted by molar-refractivity contribution is 6.09. The first-order valence-corrected chi connectivity index (χ1v) is 5.93. The predicted octanol–water partition coefficient (Wildman–Crippen LogP) is 3.70. The first-order chi connectivity index (χ1) is 9.20. The van der Waals surface area contributed by atoms with Crippen molar-refractivity contribution in [1.82, 2.24) is 0 Å². The number of hydrogen-bond acceptors (Lipinski definition) is 2. The summed E-state index contributed by atoms with van der Waals surface area (Å²) in [6, 6.07) is 14.9. The molecule has 3 heteroatoms. The van der Waals surface area contributed by atoms with Crippen LogP contribution < -0.4 is 4.74 Å². The Bertz CT molecular complexity index is 790. The lowest BCUT2D eigenvalue weighted by Crippen LogP contribution is -1.97. The molecule has 0 radical (unpaired) electrons. The molecule has 0 aliphatic carbocycles. The van der Waals surface area contributed by atoms with Crippen molar-refractivity contribution in [3.05, 3.63) is 54.1 Å². The lowest BCUT2D eigenvalue weighted by atomic mass is 9.99. The standard InChI is InChI=1S/C16H12O3/c1-19-15-7-3-5-11-8-13-10(9-14(11)15)4-2-6-12(13)16(17)18/h2-9H,1H3,(H,17,18). The normalized spacial score (nSPS) is 10.8. The van der Waals surface area contributed by atoms with Gasteiger partial charge in [0.2, 0.25) is 0 Å². The van der Waals surface area contributed by atoms with E-state index in [0.29, 0.717) is 5.56 Å². The van der Waals surface area contributed by atoms with Crippen LogP contribution in [0, 0.1) is 0 Å². The Morgan fingerprint density at radius 1 is 1.00 bits per heavy atom. The van der Waals surface area contributed by atoms with E-state index in [-0.39, 0.29) is 0 Å². The van der Waals surface area contributed by atoms with E-state index in [1.807, 2.05) is 36.4 Å². The number of benzene rings is 3. The minimum Gasteiger partial charge on any atom is -0.496 e. The molecule has 3 aromatic rings. The minimum absolute atomic E-state index is 0.321. The molecule has 0 atom stereocenters. The largest absolute Gasteiger partial charge is 0.496 e. The average Bonchev–Trinajstić information content (AvgIpc) is 2.43. The summed E-state index contributed by atoms with van der Waals surface area (Å²) < 4.78 is 5.34. The molecular weight excluding hydrogens is 240 g/mol. The summed E-state index contributed by atoms with van der Waals surface area (Å²) in [5.41, 5.74) is 0.321. The van der Waals surface area contributed by atoms with Crippen LogP contribution in [0.2, 0.25) is 0 Å². The van der Waals surface area contributed by atoms with Crippen LogP contribution in [0.5, 0.6) is 5.75 Å². The van der Waals surface area contributed by atoms with Crippen molar-refractivity contribution in [2.24, 2.45) is 0 Å². The molecular formula is C16H12O3. The van der Waals surface area contributed by atoms with E-state index >= 15 is 0 Å². The van der Waals surface area contributed by atoms with Crippen LogP contribution in [-0.2, 0) is 0 Å². The lowest BCUT2D eigenvalue weighted by molar-refractivity contribution is 0.0699. The van der Waals surface area contributed by atoms with Crippen molar-refractivity contribution in [1.29, 1.82) is 0 Å². The molecule has 0 amide bonds. The van der Waals surface area contributed by atoms with Gasteiger partial charge in [-0.1, -0.05) is 24.3 Å². The summed E-state index contributed by atoms with van der Waals surface area (Å²) in [7, 11) is 1.63. The second-order valence-electron chi connectivity index (χ2n) is 4.37.